The molecule has 0 aliphatic heterocycles. The fraction of sp³-hybridized carbons (Fsp3) is 0.350. The van der Waals surface area contributed by atoms with Crippen LogP contribution in [-0.2, 0) is 9.53 Å². The molecular formula is C20H25NO4. The lowest BCUT2D eigenvalue weighted by molar-refractivity contribution is -0.145. The lowest BCUT2D eigenvalue weighted by Crippen LogP contribution is -2.19. The van der Waals surface area contributed by atoms with E-state index in [1.54, 1.807) is 6.92 Å². The highest BCUT2D eigenvalue weighted by atomic mass is 16.6. The maximum Gasteiger partial charge on any atom is 0.344 e. The molecule has 25 heavy (non-hydrogen) atoms. The van der Waals surface area contributed by atoms with Crippen molar-refractivity contribution in [2.75, 3.05) is 40.5 Å². The summed E-state index contributed by atoms with van der Waals surface area (Å²) in [5.74, 6) is 1.14. The average Bonchev–Trinajstić information content (AvgIpc) is 2.61. The number of hydrogen-bond donors (Lipinski definition) is 0. The van der Waals surface area contributed by atoms with E-state index in [1.165, 1.54) is 0 Å². The van der Waals surface area contributed by atoms with E-state index in [2.05, 4.69) is 4.90 Å². The summed E-state index contributed by atoms with van der Waals surface area (Å²) in [6.45, 7) is 3.60. The van der Waals surface area contributed by atoms with Crippen molar-refractivity contribution in [3.63, 3.8) is 0 Å². The quantitative estimate of drug-likeness (QED) is 0.654. The molecule has 5 heteroatoms. The van der Waals surface area contributed by atoms with Crippen LogP contribution in [0.4, 0.5) is 0 Å². The SMILES string of the molecule is CCOC(=O)COc1ccc(-c2ccc(OCCN(C)C)cc2)cc1. The molecule has 2 rings (SSSR count). The first-order valence-electron chi connectivity index (χ1n) is 8.35. The zero-order chi connectivity index (χ0) is 18.1. The van der Waals surface area contributed by atoms with Gasteiger partial charge in [0.15, 0.2) is 6.61 Å². The Morgan fingerprint density at radius 3 is 1.88 bits per heavy atom. The van der Waals surface area contributed by atoms with Crippen LogP contribution >= 0.6 is 0 Å². The van der Waals surface area contributed by atoms with E-state index in [1.807, 2.05) is 62.6 Å². The van der Waals surface area contributed by atoms with Crippen molar-refractivity contribution in [1.82, 2.24) is 4.90 Å². The van der Waals surface area contributed by atoms with Gasteiger partial charge in [0.2, 0.25) is 0 Å². The van der Waals surface area contributed by atoms with Crippen LogP contribution in [0.2, 0.25) is 0 Å². The smallest absolute Gasteiger partial charge is 0.344 e. The van der Waals surface area contributed by atoms with Gasteiger partial charge in [0, 0.05) is 6.54 Å². The third-order valence-corrected chi connectivity index (χ3v) is 3.51. The van der Waals surface area contributed by atoms with Crippen molar-refractivity contribution in [1.29, 1.82) is 0 Å². The number of esters is 1. The molecule has 0 radical (unpaired) electrons. The molecule has 2 aromatic rings. The number of ether oxygens (including phenoxy) is 3. The number of hydrogen-bond acceptors (Lipinski definition) is 5. The second-order valence-corrected chi connectivity index (χ2v) is 5.79. The summed E-state index contributed by atoms with van der Waals surface area (Å²) in [5, 5.41) is 0. The van der Waals surface area contributed by atoms with Gasteiger partial charge in [0.1, 0.15) is 18.1 Å². The van der Waals surface area contributed by atoms with E-state index >= 15 is 0 Å². The lowest BCUT2D eigenvalue weighted by Gasteiger charge is -2.11. The molecule has 0 fully saturated rings. The zero-order valence-corrected chi connectivity index (χ0v) is 15.0. The van der Waals surface area contributed by atoms with Gasteiger partial charge in [-0.2, -0.15) is 0 Å². The van der Waals surface area contributed by atoms with Gasteiger partial charge in [-0.3, -0.25) is 0 Å². The Hall–Kier alpha value is -2.53. The van der Waals surface area contributed by atoms with Crippen molar-refractivity contribution < 1.29 is 19.0 Å². The zero-order valence-electron chi connectivity index (χ0n) is 15.0. The highest BCUT2D eigenvalue weighted by molar-refractivity contribution is 5.71. The van der Waals surface area contributed by atoms with Crippen LogP contribution in [0.5, 0.6) is 11.5 Å². The van der Waals surface area contributed by atoms with Crippen LogP contribution in [0.1, 0.15) is 6.92 Å². The first-order valence-corrected chi connectivity index (χ1v) is 8.35. The van der Waals surface area contributed by atoms with Gasteiger partial charge in [0.25, 0.3) is 0 Å². The van der Waals surface area contributed by atoms with Gasteiger partial charge in [-0.1, -0.05) is 24.3 Å². The summed E-state index contributed by atoms with van der Waals surface area (Å²) >= 11 is 0. The molecule has 0 amide bonds. The number of likely N-dealkylation sites (N-methyl/N-ethyl adjacent to an activating group) is 1. The van der Waals surface area contributed by atoms with E-state index in [-0.39, 0.29) is 12.6 Å². The van der Waals surface area contributed by atoms with Crippen molar-refractivity contribution >= 4 is 5.97 Å². The topological polar surface area (TPSA) is 48.0 Å². The van der Waals surface area contributed by atoms with Crippen LogP contribution < -0.4 is 9.47 Å². The summed E-state index contributed by atoms with van der Waals surface area (Å²) in [7, 11) is 4.04. The van der Waals surface area contributed by atoms with E-state index in [9.17, 15) is 4.79 Å². The maximum absolute atomic E-state index is 11.3. The molecule has 0 aliphatic rings. The third-order valence-electron chi connectivity index (χ3n) is 3.51. The average molecular weight is 343 g/mol. The number of rotatable bonds is 9. The van der Waals surface area contributed by atoms with E-state index in [0.717, 1.165) is 23.4 Å². The number of carbonyl (C=O) groups is 1. The van der Waals surface area contributed by atoms with Crippen LogP contribution in [0.15, 0.2) is 48.5 Å². The Morgan fingerprint density at radius 1 is 0.880 bits per heavy atom. The molecule has 0 aromatic heterocycles. The molecule has 0 saturated carbocycles. The predicted octanol–water partition coefficient (Wildman–Crippen LogP) is 3.24. The fourth-order valence-electron chi connectivity index (χ4n) is 2.18. The van der Waals surface area contributed by atoms with Crippen LogP contribution in [-0.4, -0.2) is 51.3 Å². The van der Waals surface area contributed by atoms with Gasteiger partial charge < -0.3 is 19.1 Å². The molecule has 0 spiro atoms. The van der Waals surface area contributed by atoms with Crippen LogP contribution in [0.25, 0.3) is 11.1 Å². The first-order chi connectivity index (χ1) is 12.1. The highest BCUT2D eigenvalue weighted by Crippen LogP contribution is 2.24. The number of benzene rings is 2. The second-order valence-electron chi connectivity index (χ2n) is 5.79. The largest absolute Gasteiger partial charge is 0.492 e. The molecule has 2 aromatic carbocycles. The van der Waals surface area contributed by atoms with E-state index < -0.39 is 0 Å². The molecule has 134 valence electrons. The van der Waals surface area contributed by atoms with Gasteiger partial charge in [-0.15, -0.1) is 0 Å². The standard InChI is InChI=1S/C20H25NO4/c1-4-23-20(22)15-25-19-11-7-17(8-12-19)16-5-9-18(10-6-16)24-14-13-21(2)3/h5-12H,4,13-15H2,1-3H3. The van der Waals surface area contributed by atoms with E-state index in [4.69, 9.17) is 14.2 Å². The summed E-state index contributed by atoms with van der Waals surface area (Å²) in [6.07, 6.45) is 0. The second kappa shape index (κ2) is 9.69. The predicted molar refractivity (Wildman–Crippen MR) is 98.1 cm³/mol. The van der Waals surface area contributed by atoms with Crippen molar-refractivity contribution in [3.05, 3.63) is 48.5 Å². The molecule has 5 nitrogen and oxygen atoms in total. The molecule has 0 N–H and O–H groups in total. The molecule has 0 heterocycles. The fourth-order valence-corrected chi connectivity index (χ4v) is 2.18. The third kappa shape index (κ3) is 6.47. The minimum absolute atomic E-state index is 0.0772. The van der Waals surface area contributed by atoms with Crippen LogP contribution in [0.3, 0.4) is 0 Å². The Kier molecular flexibility index (Phi) is 7.29. The highest BCUT2D eigenvalue weighted by Gasteiger charge is 2.04. The van der Waals surface area contributed by atoms with Crippen molar-refractivity contribution in [2.24, 2.45) is 0 Å². The first kappa shape index (κ1) is 18.8. The Bertz CT molecular complexity index is 650. The Morgan fingerprint density at radius 2 is 1.40 bits per heavy atom. The summed E-state index contributed by atoms with van der Waals surface area (Å²) in [5.41, 5.74) is 2.17. The monoisotopic (exact) mass is 343 g/mol. The van der Waals surface area contributed by atoms with Crippen LogP contribution in [0, 0.1) is 0 Å². The van der Waals surface area contributed by atoms with Gasteiger partial charge in [-0.25, -0.2) is 4.79 Å². The molecule has 0 aliphatic carbocycles. The van der Waals surface area contributed by atoms with Crippen molar-refractivity contribution in [3.8, 4) is 22.6 Å². The maximum atomic E-state index is 11.3. The minimum Gasteiger partial charge on any atom is -0.492 e. The Labute approximate surface area is 149 Å². The molecule has 0 unspecified atom stereocenters. The lowest BCUT2D eigenvalue weighted by atomic mass is 10.1. The summed E-state index contributed by atoms with van der Waals surface area (Å²) in [4.78, 5) is 13.4. The summed E-state index contributed by atoms with van der Waals surface area (Å²) in [6, 6.07) is 15.6. The summed E-state index contributed by atoms with van der Waals surface area (Å²) < 4.78 is 15.9. The molecule has 0 bridgehead atoms. The van der Waals surface area contributed by atoms with Gasteiger partial charge >= 0.3 is 5.97 Å². The minimum atomic E-state index is -0.364. The van der Waals surface area contributed by atoms with Crippen molar-refractivity contribution in [2.45, 2.75) is 6.92 Å². The molecule has 0 atom stereocenters. The van der Waals surface area contributed by atoms with Gasteiger partial charge in [0.05, 0.1) is 6.61 Å². The number of carbonyl (C=O) groups excluding carboxylic acids is 1. The number of nitrogens with zero attached hydrogens (tertiary/aromatic N) is 1. The van der Waals surface area contributed by atoms with Gasteiger partial charge in [-0.05, 0) is 56.4 Å². The van der Waals surface area contributed by atoms with E-state index in [0.29, 0.717) is 19.0 Å². The normalized spacial score (nSPS) is 10.6. The molecular weight excluding hydrogens is 318 g/mol. The Balaban J connectivity index is 1.89. The molecule has 0 saturated heterocycles.